The highest BCUT2D eigenvalue weighted by Gasteiger charge is 2.14. The first-order chi connectivity index (χ1) is 12.3. The molecule has 0 saturated carbocycles. The van der Waals surface area contributed by atoms with Crippen LogP contribution in [0.3, 0.4) is 0 Å². The lowest BCUT2D eigenvalue weighted by atomic mass is 10.2. The van der Waals surface area contributed by atoms with Gasteiger partial charge in [-0.2, -0.15) is 4.68 Å². The fourth-order valence-electron chi connectivity index (χ4n) is 2.18. The van der Waals surface area contributed by atoms with Crippen LogP contribution in [0, 0.1) is 0 Å². The molecule has 2 aromatic carbocycles. The van der Waals surface area contributed by atoms with E-state index in [9.17, 15) is 0 Å². The monoisotopic (exact) mass is 370 g/mol. The van der Waals surface area contributed by atoms with E-state index in [4.69, 9.17) is 16.0 Å². The number of halogens is 1. The summed E-state index contributed by atoms with van der Waals surface area (Å²) in [5, 5.41) is 21.1. The van der Waals surface area contributed by atoms with Gasteiger partial charge in [-0.15, -0.1) is 15.3 Å². The van der Waals surface area contributed by atoms with E-state index in [2.05, 4.69) is 25.7 Å². The molecule has 0 bridgehead atoms. The van der Waals surface area contributed by atoms with Gasteiger partial charge in [-0.05, 0) is 34.7 Å². The molecule has 0 N–H and O–H groups in total. The van der Waals surface area contributed by atoms with Crippen LogP contribution in [0.1, 0.15) is 5.89 Å². The van der Waals surface area contributed by atoms with Gasteiger partial charge >= 0.3 is 0 Å². The number of aromatic nitrogens is 6. The molecule has 0 saturated heterocycles. The first kappa shape index (κ1) is 15.8. The van der Waals surface area contributed by atoms with Gasteiger partial charge in [0.25, 0.3) is 0 Å². The lowest BCUT2D eigenvalue weighted by molar-refractivity contribution is 0.528. The Balaban J connectivity index is 1.50. The van der Waals surface area contributed by atoms with Crippen molar-refractivity contribution < 1.29 is 4.42 Å². The van der Waals surface area contributed by atoms with Crippen LogP contribution in [0.15, 0.2) is 64.2 Å². The number of hydrogen-bond donors (Lipinski definition) is 0. The molecule has 4 rings (SSSR count). The number of hydrogen-bond acceptors (Lipinski definition) is 7. The minimum absolute atomic E-state index is 0.392. The molecular formula is C16H11ClN6OS. The Morgan fingerprint density at radius 1 is 0.960 bits per heavy atom. The zero-order chi connectivity index (χ0) is 17.1. The molecule has 0 aliphatic heterocycles. The minimum Gasteiger partial charge on any atom is -0.420 e. The first-order valence-corrected chi connectivity index (χ1v) is 8.71. The Kier molecular flexibility index (Phi) is 4.45. The number of thioether (sulfide) groups is 1. The van der Waals surface area contributed by atoms with Crippen LogP contribution < -0.4 is 0 Å². The SMILES string of the molecule is Clc1ccccc1-c1nnc(CSc2nnnn2-c2ccccc2)o1. The Hall–Kier alpha value is -2.71. The van der Waals surface area contributed by atoms with Crippen molar-refractivity contribution in [1.29, 1.82) is 0 Å². The van der Waals surface area contributed by atoms with Crippen molar-refractivity contribution >= 4 is 23.4 Å². The van der Waals surface area contributed by atoms with Crippen LogP contribution in [0.2, 0.25) is 5.02 Å². The molecule has 0 radical (unpaired) electrons. The molecule has 0 atom stereocenters. The second-order valence-corrected chi connectivity index (χ2v) is 6.33. The normalized spacial score (nSPS) is 10.9. The van der Waals surface area contributed by atoms with Gasteiger partial charge in [0.15, 0.2) is 0 Å². The lowest BCUT2D eigenvalue weighted by Crippen LogP contribution is -1.98. The molecule has 0 unspecified atom stereocenters. The van der Waals surface area contributed by atoms with Crippen LogP contribution in [-0.2, 0) is 5.75 Å². The smallest absolute Gasteiger partial charge is 0.249 e. The molecule has 0 aliphatic rings. The molecule has 25 heavy (non-hydrogen) atoms. The van der Waals surface area contributed by atoms with E-state index < -0.39 is 0 Å². The van der Waals surface area contributed by atoms with Crippen LogP contribution in [0.5, 0.6) is 0 Å². The lowest BCUT2D eigenvalue weighted by Gasteiger charge is -2.02. The summed E-state index contributed by atoms with van der Waals surface area (Å²) in [4.78, 5) is 0. The van der Waals surface area contributed by atoms with E-state index in [1.54, 1.807) is 10.7 Å². The standard InChI is InChI=1S/C16H11ClN6OS/c17-13-9-5-4-8-12(13)15-19-18-14(24-15)10-25-16-20-21-22-23(16)11-6-2-1-3-7-11/h1-9H,10H2. The van der Waals surface area contributed by atoms with Crippen molar-refractivity contribution in [2.45, 2.75) is 10.9 Å². The molecule has 2 aromatic heterocycles. The summed E-state index contributed by atoms with van der Waals surface area (Å²) in [7, 11) is 0. The molecule has 0 spiro atoms. The van der Waals surface area contributed by atoms with Crippen LogP contribution in [0.25, 0.3) is 17.1 Å². The van der Waals surface area contributed by atoms with Gasteiger partial charge in [0.05, 0.1) is 22.0 Å². The van der Waals surface area contributed by atoms with Gasteiger partial charge in [0, 0.05) is 0 Å². The Labute approximate surface area is 152 Å². The quantitative estimate of drug-likeness (QED) is 0.496. The average molecular weight is 371 g/mol. The Bertz CT molecular complexity index is 987. The predicted molar refractivity (Wildman–Crippen MR) is 93.5 cm³/mol. The van der Waals surface area contributed by atoms with Gasteiger partial charge < -0.3 is 4.42 Å². The first-order valence-electron chi connectivity index (χ1n) is 7.35. The summed E-state index contributed by atoms with van der Waals surface area (Å²) in [5.74, 6) is 1.32. The number of rotatable bonds is 5. The Morgan fingerprint density at radius 3 is 2.60 bits per heavy atom. The maximum atomic E-state index is 6.15. The zero-order valence-corrected chi connectivity index (χ0v) is 14.4. The summed E-state index contributed by atoms with van der Waals surface area (Å²) in [6.07, 6.45) is 0. The van der Waals surface area contributed by atoms with Gasteiger partial charge in [-0.1, -0.05) is 53.7 Å². The molecule has 9 heteroatoms. The molecule has 0 aliphatic carbocycles. The summed E-state index contributed by atoms with van der Waals surface area (Å²) >= 11 is 7.56. The maximum absolute atomic E-state index is 6.15. The predicted octanol–water partition coefficient (Wildman–Crippen LogP) is 3.66. The van der Waals surface area contributed by atoms with Crippen LogP contribution in [0.4, 0.5) is 0 Å². The molecule has 2 heterocycles. The van der Waals surface area contributed by atoms with E-state index in [-0.39, 0.29) is 0 Å². The fraction of sp³-hybridized carbons (Fsp3) is 0.0625. The number of tetrazole rings is 1. The second kappa shape index (κ2) is 7.04. The number of para-hydroxylation sites is 1. The van der Waals surface area contributed by atoms with Crippen molar-refractivity contribution in [2.75, 3.05) is 0 Å². The van der Waals surface area contributed by atoms with E-state index in [0.29, 0.717) is 33.3 Å². The van der Waals surface area contributed by atoms with Crippen molar-refractivity contribution in [1.82, 2.24) is 30.4 Å². The summed E-state index contributed by atoms with van der Waals surface area (Å²) in [5.41, 5.74) is 1.60. The van der Waals surface area contributed by atoms with E-state index in [0.717, 1.165) is 5.69 Å². The minimum atomic E-state index is 0.392. The fourth-order valence-corrected chi connectivity index (χ4v) is 3.13. The maximum Gasteiger partial charge on any atom is 0.249 e. The van der Waals surface area contributed by atoms with Crippen molar-refractivity contribution in [3.8, 4) is 17.1 Å². The molecule has 0 amide bonds. The third kappa shape index (κ3) is 3.40. The highest BCUT2D eigenvalue weighted by Crippen LogP contribution is 2.28. The molecule has 4 aromatic rings. The zero-order valence-electron chi connectivity index (χ0n) is 12.8. The number of benzene rings is 2. The van der Waals surface area contributed by atoms with Gasteiger partial charge in [0.1, 0.15) is 0 Å². The topological polar surface area (TPSA) is 82.5 Å². The van der Waals surface area contributed by atoms with E-state index >= 15 is 0 Å². The second-order valence-electron chi connectivity index (χ2n) is 4.98. The molecular weight excluding hydrogens is 360 g/mol. The molecule has 0 fully saturated rings. The van der Waals surface area contributed by atoms with Crippen LogP contribution >= 0.6 is 23.4 Å². The third-order valence-electron chi connectivity index (χ3n) is 3.34. The average Bonchev–Trinajstić information content (AvgIpc) is 3.30. The van der Waals surface area contributed by atoms with Crippen molar-refractivity contribution in [3.05, 3.63) is 65.5 Å². The van der Waals surface area contributed by atoms with E-state index in [1.165, 1.54) is 11.8 Å². The number of nitrogens with zero attached hydrogens (tertiary/aromatic N) is 6. The highest BCUT2D eigenvalue weighted by molar-refractivity contribution is 7.98. The van der Waals surface area contributed by atoms with Crippen molar-refractivity contribution in [3.63, 3.8) is 0 Å². The van der Waals surface area contributed by atoms with Gasteiger partial charge in [-0.25, -0.2) is 0 Å². The highest BCUT2D eigenvalue weighted by atomic mass is 35.5. The van der Waals surface area contributed by atoms with Crippen LogP contribution in [-0.4, -0.2) is 30.4 Å². The summed E-state index contributed by atoms with van der Waals surface area (Å²) in [6, 6.07) is 17.0. The Morgan fingerprint density at radius 2 is 1.76 bits per heavy atom. The third-order valence-corrected chi connectivity index (χ3v) is 4.57. The summed E-state index contributed by atoms with van der Waals surface area (Å²) in [6.45, 7) is 0. The largest absolute Gasteiger partial charge is 0.420 e. The van der Waals surface area contributed by atoms with Crippen molar-refractivity contribution in [2.24, 2.45) is 0 Å². The van der Waals surface area contributed by atoms with Gasteiger partial charge in [-0.3, -0.25) is 0 Å². The molecule has 124 valence electrons. The summed E-state index contributed by atoms with van der Waals surface area (Å²) < 4.78 is 7.35. The van der Waals surface area contributed by atoms with Gasteiger partial charge in [0.2, 0.25) is 16.9 Å². The molecule has 7 nitrogen and oxygen atoms in total. The van der Waals surface area contributed by atoms with E-state index in [1.807, 2.05) is 48.5 Å².